The van der Waals surface area contributed by atoms with Crippen LogP contribution in [0.1, 0.15) is 83.8 Å². The van der Waals surface area contributed by atoms with Crippen LogP contribution >= 0.6 is 0 Å². The lowest BCUT2D eigenvalue weighted by Gasteiger charge is -2.43. The second-order valence-electron chi connectivity index (χ2n) is 11.1. The first-order valence-electron chi connectivity index (χ1n) is 11.1. The number of hydrogen-bond acceptors (Lipinski definition) is 4. The molecule has 1 aromatic heterocycles. The molecule has 1 N–H and O–H groups in total. The Bertz CT molecular complexity index is 857. The van der Waals surface area contributed by atoms with Gasteiger partial charge in [-0.15, -0.1) is 0 Å². The van der Waals surface area contributed by atoms with Gasteiger partial charge in [-0.2, -0.15) is 5.10 Å². The molecule has 4 rings (SSSR count). The summed E-state index contributed by atoms with van der Waals surface area (Å²) >= 11 is 0. The van der Waals surface area contributed by atoms with Gasteiger partial charge in [0, 0.05) is 25.0 Å². The van der Waals surface area contributed by atoms with Crippen LogP contribution in [-0.2, 0) is 35.1 Å². The molecule has 1 aliphatic carbocycles. The van der Waals surface area contributed by atoms with Crippen molar-refractivity contribution in [1.29, 1.82) is 0 Å². The summed E-state index contributed by atoms with van der Waals surface area (Å²) in [6, 6.07) is 0.00712. The molecule has 2 aliphatic heterocycles. The lowest BCUT2D eigenvalue weighted by atomic mass is 9.73. The van der Waals surface area contributed by atoms with Crippen LogP contribution in [0.2, 0.25) is 0 Å². The van der Waals surface area contributed by atoms with Crippen LogP contribution in [0.5, 0.6) is 0 Å². The van der Waals surface area contributed by atoms with Crippen molar-refractivity contribution in [2.24, 2.45) is 5.41 Å². The minimum Gasteiger partial charge on any atom is -0.444 e. The Labute approximate surface area is 182 Å². The van der Waals surface area contributed by atoms with Crippen molar-refractivity contribution in [3.05, 3.63) is 17.0 Å². The first kappa shape index (κ1) is 21.8. The van der Waals surface area contributed by atoms with Crippen LogP contribution in [0.3, 0.4) is 0 Å². The van der Waals surface area contributed by atoms with E-state index in [1.807, 2.05) is 46.4 Å². The van der Waals surface area contributed by atoms with Crippen molar-refractivity contribution in [3.63, 3.8) is 0 Å². The fraction of sp³-hybridized carbons (Fsp3) is 0.818. The first-order valence-corrected chi connectivity index (χ1v) is 12.3. The molecule has 1 spiro atoms. The molecule has 8 heteroatoms. The van der Waals surface area contributed by atoms with Crippen molar-refractivity contribution < 1.29 is 13.7 Å². The van der Waals surface area contributed by atoms with Gasteiger partial charge < -0.3 is 9.64 Å². The van der Waals surface area contributed by atoms with Crippen molar-refractivity contribution in [1.82, 2.24) is 19.4 Å². The van der Waals surface area contributed by atoms with Crippen LogP contribution in [0.15, 0.2) is 0 Å². The van der Waals surface area contributed by atoms with Gasteiger partial charge in [0.05, 0.1) is 33.2 Å². The molecule has 0 bridgehead atoms. The molecule has 2 atom stereocenters. The second-order valence-corrected chi connectivity index (χ2v) is 13.1. The zero-order chi connectivity index (χ0) is 21.9. The highest BCUT2D eigenvalue weighted by Crippen LogP contribution is 2.52. The Hall–Kier alpha value is -1.41. The molecule has 3 aliphatic rings. The number of fused-ring (bicyclic) bond motifs is 3. The van der Waals surface area contributed by atoms with Crippen LogP contribution in [0, 0.1) is 5.41 Å². The minimum absolute atomic E-state index is 0.00712. The maximum Gasteiger partial charge on any atom is 0.410 e. The van der Waals surface area contributed by atoms with Crippen molar-refractivity contribution in [2.75, 3.05) is 13.1 Å². The number of rotatable bonds is 2. The number of hydrogen-bond donors (Lipinski definition) is 1. The average molecular weight is 437 g/mol. The number of carbonyl (C=O) groups excluding carboxylic acids is 1. The lowest BCUT2D eigenvalue weighted by Crippen LogP contribution is -2.50. The Kier molecular flexibility index (Phi) is 5.33. The molecular formula is C22H36N4O3S. The number of aromatic nitrogens is 2. The SMILES string of the molecule is CC(C)(C)OC(=O)N1CCC2(CC1)Cn1nc3c(c1[C@H]2N[S@@](=O)C(C)(C)C)CCC3. The zero-order valence-corrected chi connectivity index (χ0v) is 20.0. The molecule has 168 valence electrons. The van der Waals surface area contributed by atoms with Crippen LogP contribution in [0.4, 0.5) is 4.79 Å². The molecular weight excluding hydrogens is 400 g/mol. The van der Waals surface area contributed by atoms with Gasteiger partial charge in [0.2, 0.25) is 0 Å². The standard InChI is InChI=1S/C22H36N4O3S/c1-20(2,3)29-19(27)25-12-10-22(11-13-25)14-26-17(15-8-7-9-16(15)23-26)18(22)24-30(28)21(4,5)6/h18,24H,7-14H2,1-6H3/t18-,30+/m1/s1. The third-order valence-electron chi connectivity index (χ3n) is 6.56. The third kappa shape index (κ3) is 3.93. The van der Waals surface area contributed by atoms with Gasteiger partial charge in [0.25, 0.3) is 0 Å². The average Bonchev–Trinajstić information content (AvgIpc) is 3.25. The number of nitrogens with zero attached hydrogens (tertiary/aromatic N) is 3. The topological polar surface area (TPSA) is 76.5 Å². The number of likely N-dealkylation sites (tertiary alicyclic amines) is 1. The minimum atomic E-state index is -1.17. The van der Waals surface area contributed by atoms with E-state index in [9.17, 15) is 9.00 Å². The summed E-state index contributed by atoms with van der Waals surface area (Å²) < 4.78 is 24.0. The second kappa shape index (κ2) is 7.33. The largest absolute Gasteiger partial charge is 0.444 e. The van der Waals surface area contributed by atoms with E-state index in [1.54, 1.807) is 0 Å². The number of piperidine rings is 1. The summed E-state index contributed by atoms with van der Waals surface area (Å²) in [6.07, 6.45) is 4.72. The van der Waals surface area contributed by atoms with E-state index in [-0.39, 0.29) is 22.3 Å². The highest BCUT2D eigenvalue weighted by Gasteiger charge is 2.52. The maximum absolute atomic E-state index is 13.1. The summed E-state index contributed by atoms with van der Waals surface area (Å²) in [7, 11) is -1.17. The monoisotopic (exact) mass is 436 g/mol. The summed E-state index contributed by atoms with van der Waals surface area (Å²) in [4.78, 5) is 14.4. The van der Waals surface area contributed by atoms with Crippen LogP contribution in [0.25, 0.3) is 0 Å². The summed E-state index contributed by atoms with van der Waals surface area (Å²) in [5.41, 5.74) is 3.27. The number of carbonyl (C=O) groups is 1. The molecule has 0 unspecified atom stereocenters. The number of nitrogens with one attached hydrogen (secondary N) is 1. The normalized spacial score (nSPS) is 24.1. The van der Waals surface area contributed by atoms with Gasteiger partial charge in [0.15, 0.2) is 0 Å². The van der Waals surface area contributed by atoms with Gasteiger partial charge in [-0.05, 0) is 79.2 Å². The quantitative estimate of drug-likeness (QED) is 0.770. The smallest absolute Gasteiger partial charge is 0.410 e. The predicted molar refractivity (Wildman–Crippen MR) is 117 cm³/mol. The highest BCUT2D eigenvalue weighted by molar-refractivity contribution is 7.84. The van der Waals surface area contributed by atoms with Crippen molar-refractivity contribution in [2.45, 2.75) is 96.6 Å². The molecule has 3 heterocycles. The van der Waals surface area contributed by atoms with E-state index in [0.29, 0.717) is 13.1 Å². The summed E-state index contributed by atoms with van der Waals surface area (Å²) in [6.45, 7) is 13.8. The van der Waals surface area contributed by atoms with Crippen molar-refractivity contribution in [3.8, 4) is 0 Å². The molecule has 0 radical (unpaired) electrons. The van der Waals surface area contributed by atoms with E-state index in [0.717, 1.165) is 38.6 Å². The highest BCUT2D eigenvalue weighted by atomic mass is 32.2. The van der Waals surface area contributed by atoms with Crippen LogP contribution in [-0.4, -0.2) is 48.4 Å². The Morgan fingerprint density at radius 1 is 1.17 bits per heavy atom. The molecule has 1 fully saturated rings. The fourth-order valence-electron chi connectivity index (χ4n) is 4.97. The molecule has 1 amide bonds. The van der Waals surface area contributed by atoms with E-state index in [4.69, 9.17) is 9.84 Å². The van der Waals surface area contributed by atoms with Gasteiger partial charge in [-0.1, -0.05) is 0 Å². The van der Waals surface area contributed by atoms with Crippen LogP contribution < -0.4 is 4.72 Å². The van der Waals surface area contributed by atoms with E-state index < -0.39 is 16.6 Å². The molecule has 7 nitrogen and oxygen atoms in total. The molecule has 30 heavy (non-hydrogen) atoms. The van der Waals surface area contributed by atoms with Gasteiger partial charge in [-0.25, -0.2) is 13.7 Å². The Balaban J connectivity index is 1.57. The molecule has 1 saturated heterocycles. The van der Waals surface area contributed by atoms with E-state index in [2.05, 4.69) is 9.40 Å². The summed E-state index contributed by atoms with van der Waals surface area (Å²) in [5.74, 6) is 0. The maximum atomic E-state index is 13.1. The number of aryl methyl sites for hydroxylation is 1. The number of amides is 1. The lowest BCUT2D eigenvalue weighted by molar-refractivity contribution is 0.00568. The first-order chi connectivity index (χ1) is 13.9. The molecule has 0 aromatic carbocycles. The van der Waals surface area contributed by atoms with Crippen molar-refractivity contribution >= 4 is 17.1 Å². The van der Waals surface area contributed by atoms with Gasteiger partial charge in [0.1, 0.15) is 5.60 Å². The van der Waals surface area contributed by atoms with E-state index in [1.165, 1.54) is 17.0 Å². The fourth-order valence-corrected chi connectivity index (χ4v) is 5.89. The predicted octanol–water partition coefficient (Wildman–Crippen LogP) is 3.50. The van der Waals surface area contributed by atoms with E-state index >= 15 is 0 Å². The summed E-state index contributed by atoms with van der Waals surface area (Å²) in [5, 5.41) is 4.92. The van der Waals surface area contributed by atoms with Gasteiger partial charge in [-0.3, -0.25) is 4.68 Å². The Morgan fingerprint density at radius 3 is 2.43 bits per heavy atom. The third-order valence-corrected chi connectivity index (χ3v) is 8.12. The Morgan fingerprint density at radius 2 is 1.83 bits per heavy atom. The molecule has 0 saturated carbocycles. The van der Waals surface area contributed by atoms with Gasteiger partial charge >= 0.3 is 6.09 Å². The molecule has 1 aromatic rings. The number of ether oxygens (including phenoxy) is 1. The zero-order valence-electron chi connectivity index (χ0n) is 19.2.